The third-order valence-electron chi connectivity index (χ3n) is 7.65. The maximum absolute atomic E-state index is 13.9. The standard InChI is InChI=1S/C37H46BrN3O5/c1-24(32(42)40-31(33(43)45-35(2,3)4)18-12-13-23-39-34(44)46-36(5,6)7)41-37(25-19-21-26(38)22-20-25)29-16-10-8-14-27(29)28-15-9-11-17-30(28)37/h8-11,14-17,19-22,24,31,41H,12-13,18,23H2,1-7H3,(H,39,44)(H,40,42)/t24-,31-/m0/s1. The Balaban J connectivity index is 1.55. The topological polar surface area (TPSA) is 106 Å². The predicted molar refractivity (Wildman–Crippen MR) is 184 cm³/mol. The SMILES string of the molecule is C[C@H](NC1(c2ccc(Br)cc2)c2ccccc2-c2ccccc21)C(=O)N[C@@H](CCCCNC(=O)OC(C)(C)C)C(=O)OC(C)(C)C. The number of carbonyl (C=O) groups excluding carboxylic acids is 3. The molecule has 2 atom stereocenters. The van der Waals surface area contributed by atoms with Crippen molar-refractivity contribution in [2.24, 2.45) is 0 Å². The number of alkyl carbamates (subject to hydrolysis) is 1. The van der Waals surface area contributed by atoms with Gasteiger partial charge in [-0.3, -0.25) is 10.1 Å². The molecule has 2 amide bonds. The highest BCUT2D eigenvalue weighted by atomic mass is 79.9. The van der Waals surface area contributed by atoms with E-state index in [-0.39, 0.29) is 5.91 Å². The fraction of sp³-hybridized carbons (Fsp3) is 0.432. The van der Waals surface area contributed by atoms with Gasteiger partial charge < -0.3 is 20.1 Å². The van der Waals surface area contributed by atoms with E-state index in [0.717, 1.165) is 32.3 Å². The third-order valence-corrected chi connectivity index (χ3v) is 8.18. The molecule has 0 saturated heterocycles. The molecule has 1 aliphatic carbocycles. The number of unbranched alkanes of at least 4 members (excludes halogenated alkanes) is 1. The number of hydrogen-bond acceptors (Lipinski definition) is 6. The van der Waals surface area contributed by atoms with Crippen LogP contribution in [0.4, 0.5) is 4.79 Å². The molecule has 0 unspecified atom stereocenters. The number of fused-ring (bicyclic) bond motifs is 3. The number of esters is 1. The Morgan fingerprint density at radius 2 is 1.33 bits per heavy atom. The van der Waals surface area contributed by atoms with E-state index in [0.29, 0.717) is 25.8 Å². The van der Waals surface area contributed by atoms with Gasteiger partial charge in [-0.2, -0.15) is 0 Å². The summed E-state index contributed by atoms with van der Waals surface area (Å²) in [5, 5.41) is 9.42. The molecule has 8 nitrogen and oxygen atoms in total. The molecule has 0 spiro atoms. The normalized spacial score (nSPS) is 14.8. The van der Waals surface area contributed by atoms with Crippen LogP contribution < -0.4 is 16.0 Å². The summed E-state index contributed by atoms with van der Waals surface area (Å²) >= 11 is 3.56. The predicted octanol–water partition coefficient (Wildman–Crippen LogP) is 7.22. The Bertz CT molecular complexity index is 1500. The zero-order chi connectivity index (χ0) is 33.7. The lowest BCUT2D eigenvalue weighted by Crippen LogP contribution is -2.55. The number of rotatable bonds is 11. The molecule has 0 heterocycles. The number of amides is 2. The van der Waals surface area contributed by atoms with Crippen LogP contribution in [0.3, 0.4) is 0 Å². The number of nitrogens with one attached hydrogen (secondary N) is 3. The third kappa shape index (κ3) is 8.56. The average molecular weight is 693 g/mol. The van der Waals surface area contributed by atoms with Gasteiger partial charge in [-0.15, -0.1) is 0 Å². The fourth-order valence-corrected chi connectivity index (χ4v) is 6.04. The average Bonchev–Trinajstić information content (AvgIpc) is 3.25. The van der Waals surface area contributed by atoms with Crippen LogP contribution in [0.25, 0.3) is 11.1 Å². The first kappa shape index (κ1) is 35.2. The lowest BCUT2D eigenvalue weighted by atomic mass is 9.80. The minimum atomic E-state index is -0.857. The van der Waals surface area contributed by atoms with Crippen LogP contribution >= 0.6 is 15.9 Å². The molecule has 3 aromatic carbocycles. The lowest BCUT2D eigenvalue weighted by molar-refractivity contribution is -0.159. The van der Waals surface area contributed by atoms with E-state index >= 15 is 0 Å². The molecule has 246 valence electrons. The van der Waals surface area contributed by atoms with E-state index in [1.807, 2.05) is 64.1 Å². The van der Waals surface area contributed by atoms with E-state index in [4.69, 9.17) is 9.47 Å². The molecular weight excluding hydrogens is 646 g/mol. The summed E-state index contributed by atoms with van der Waals surface area (Å²) in [6.07, 6.45) is 1.04. The molecule has 0 saturated carbocycles. The van der Waals surface area contributed by atoms with Gasteiger partial charge in [0.1, 0.15) is 17.2 Å². The Hall–Kier alpha value is -3.69. The maximum Gasteiger partial charge on any atom is 0.407 e. The smallest absolute Gasteiger partial charge is 0.407 e. The van der Waals surface area contributed by atoms with Gasteiger partial charge in [0.2, 0.25) is 5.91 Å². The number of carbonyl (C=O) groups is 3. The second kappa shape index (κ2) is 14.4. The molecule has 0 aromatic heterocycles. The Morgan fingerprint density at radius 1 is 0.783 bits per heavy atom. The van der Waals surface area contributed by atoms with Crippen molar-refractivity contribution in [1.82, 2.24) is 16.0 Å². The van der Waals surface area contributed by atoms with Crippen molar-refractivity contribution in [3.8, 4) is 11.1 Å². The highest BCUT2D eigenvalue weighted by Crippen LogP contribution is 2.51. The monoisotopic (exact) mass is 691 g/mol. The maximum atomic E-state index is 13.9. The van der Waals surface area contributed by atoms with E-state index in [2.05, 4.69) is 68.3 Å². The van der Waals surface area contributed by atoms with Gasteiger partial charge in [0.05, 0.1) is 11.6 Å². The van der Waals surface area contributed by atoms with Crippen LogP contribution in [-0.4, -0.2) is 47.8 Å². The summed E-state index contributed by atoms with van der Waals surface area (Å²) in [7, 11) is 0. The van der Waals surface area contributed by atoms with E-state index in [1.165, 1.54) is 0 Å². The minimum absolute atomic E-state index is 0.318. The summed E-state index contributed by atoms with van der Waals surface area (Å²) in [5.74, 6) is -0.812. The molecule has 46 heavy (non-hydrogen) atoms. The molecule has 0 radical (unpaired) electrons. The molecule has 9 heteroatoms. The van der Waals surface area contributed by atoms with Gasteiger partial charge in [-0.1, -0.05) is 76.6 Å². The highest BCUT2D eigenvalue weighted by molar-refractivity contribution is 9.10. The summed E-state index contributed by atoms with van der Waals surface area (Å²) in [5.41, 5.74) is 3.21. The second-order valence-electron chi connectivity index (χ2n) is 13.7. The first-order chi connectivity index (χ1) is 21.6. The zero-order valence-corrected chi connectivity index (χ0v) is 29.4. The first-order valence-electron chi connectivity index (χ1n) is 15.8. The molecular formula is C37H46BrN3O5. The van der Waals surface area contributed by atoms with E-state index < -0.39 is 40.9 Å². The minimum Gasteiger partial charge on any atom is -0.458 e. The first-order valence-corrected chi connectivity index (χ1v) is 16.6. The Morgan fingerprint density at radius 3 is 1.87 bits per heavy atom. The molecule has 1 aliphatic rings. The number of benzene rings is 3. The summed E-state index contributed by atoms with van der Waals surface area (Å²) in [4.78, 5) is 39.2. The molecule has 0 fully saturated rings. The second-order valence-corrected chi connectivity index (χ2v) is 14.6. The number of hydrogen-bond donors (Lipinski definition) is 3. The van der Waals surface area contributed by atoms with Crippen LogP contribution in [0.1, 0.15) is 84.4 Å². The van der Waals surface area contributed by atoms with Gasteiger partial charge in [0.15, 0.2) is 0 Å². The van der Waals surface area contributed by atoms with Gasteiger partial charge in [-0.05, 0) is 108 Å². The highest BCUT2D eigenvalue weighted by Gasteiger charge is 2.46. The van der Waals surface area contributed by atoms with Gasteiger partial charge >= 0.3 is 12.1 Å². The van der Waals surface area contributed by atoms with Crippen LogP contribution in [0, 0.1) is 0 Å². The molecule has 3 N–H and O–H groups in total. The quantitative estimate of drug-likeness (QED) is 0.145. The van der Waals surface area contributed by atoms with Gasteiger partial charge in [0.25, 0.3) is 0 Å². The van der Waals surface area contributed by atoms with Crippen molar-refractivity contribution >= 4 is 33.9 Å². The molecule has 3 aromatic rings. The number of ether oxygens (including phenoxy) is 2. The van der Waals surface area contributed by atoms with Crippen LogP contribution in [0.5, 0.6) is 0 Å². The van der Waals surface area contributed by atoms with Crippen molar-refractivity contribution in [3.63, 3.8) is 0 Å². The zero-order valence-electron chi connectivity index (χ0n) is 27.8. The Kier molecular flexibility index (Phi) is 11.0. The van der Waals surface area contributed by atoms with Crippen LogP contribution in [0.15, 0.2) is 77.3 Å². The lowest BCUT2D eigenvalue weighted by Gasteiger charge is -2.37. The van der Waals surface area contributed by atoms with E-state index in [9.17, 15) is 14.4 Å². The van der Waals surface area contributed by atoms with Crippen molar-refractivity contribution in [1.29, 1.82) is 0 Å². The molecule has 4 rings (SSSR count). The van der Waals surface area contributed by atoms with Crippen molar-refractivity contribution in [3.05, 3.63) is 94.0 Å². The van der Waals surface area contributed by atoms with E-state index in [1.54, 1.807) is 20.8 Å². The summed E-state index contributed by atoms with van der Waals surface area (Å²) in [6.45, 7) is 13.0. The largest absolute Gasteiger partial charge is 0.458 e. The summed E-state index contributed by atoms with van der Waals surface area (Å²) < 4.78 is 11.9. The summed E-state index contributed by atoms with van der Waals surface area (Å²) in [6, 6.07) is 23.1. The van der Waals surface area contributed by atoms with Crippen molar-refractivity contribution in [2.75, 3.05) is 6.54 Å². The van der Waals surface area contributed by atoms with Gasteiger partial charge in [0, 0.05) is 11.0 Å². The fourth-order valence-electron chi connectivity index (χ4n) is 5.77. The Labute approximate surface area is 281 Å². The van der Waals surface area contributed by atoms with Gasteiger partial charge in [-0.25, -0.2) is 9.59 Å². The molecule has 0 aliphatic heterocycles. The van der Waals surface area contributed by atoms with Crippen LogP contribution in [-0.2, 0) is 24.6 Å². The number of halogens is 1. The molecule has 0 bridgehead atoms. The van der Waals surface area contributed by atoms with Crippen LogP contribution in [0.2, 0.25) is 0 Å². The van der Waals surface area contributed by atoms with Crippen molar-refractivity contribution in [2.45, 2.75) is 96.6 Å². The van der Waals surface area contributed by atoms with Crippen molar-refractivity contribution < 1.29 is 23.9 Å².